The average molecular weight is 991 g/mol. The van der Waals surface area contributed by atoms with Gasteiger partial charge in [0.05, 0.1) is 63.4 Å². The van der Waals surface area contributed by atoms with Gasteiger partial charge in [0.15, 0.2) is 0 Å². The number of pyridine rings is 4. The van der Waals surface area contributed by atoms with Gasteiger partial charge in [0.1, 0.15) is 22.5 Å². The third kappa shape index (κ3) is 10.6. The first-order valence-electron chi connectivity index (χ1n) is 28.4. The van der Waals surface area contributed by atoms with Crippen LogP contribution in [0.2, 0.25) is 0 Å². The molecule has 0 fully saturated rings. The zero-order chi connectivity index (χ0) is 51.0. The van der Waals surface area contributed by atoms with E-state index < -0.39 is 0 Å². The van der Waals surface area contributed by atoms with Gasteiger partial charge in [-0.2, -0.15) is 0 Å². The van der Waals surface area contributed by atoms with E-state index in [4.69, 9.17) is 29.4 Å². The van der Waals surface area contributed by atoms with Crippen LogP contribution in [0.15, 0.2) is 73.3 Å². The fourth-order valence-electron chi connectivity index (χ4n) is 11.4. The molecule has 10 nitrogen and oxygen atoms in total. The molecule has 74 heavy (non-hydrogen) atoms. The Kier molecular flexibility index (Phi) is 16.3. The lowest BCUT2D eigenvalue weighted by atomic mass is 10.0. The highest BCUT2D eigenvalue weighted by Crippen LogP contribution is 2.42. The van der Waals surface area contributed by atoms with Crippen LogP contribution >= 0.6 is 0 Å². The summed E-state index contributed by atoms with van der Waals surface area (Å²) in [6.45, 7) is 14.4. The smallest absolute Gasteiger partial charge is 0.132 e. The van der Waals surface area contributed by atoms with Gasteiger partial charge in [-0.1, -0.05) is 142 Å². The number of aryl methyl sites for hydroxylation is 4. The van der Waals surface area contributed by atoms with Crippen LogP contribution in [-0.4, -0.2) is 53.1 Å². The van der Waals surface area contributed by atoms with Crippen molar-refractivity contribution in [1.82, 2.24) is 39.9 Å². The summed E-state index contributed by atoms with van der Waals surface area (Å²) in [7, 11) is 0. The van der Waals surface area contributed by atoms with E-state index in [1.807, 2.05) is 13.1 Å². The van der Waals surface area contributed by atoms with Crippen molar-refractivity contribution < 1.29 is 9.47 Å². The van der Waals surface area contributed by atoms with Crippen molar-refractivity contribution in [2.24, 2.45) is 0 Å². The molecule has 0 saturated carbocycles. The Labute approximate surface area is 437 Å². The maximum atomic E-state index is 6.76. The Morgan fingerprint density at radius 1 is 0.351 bits per heavy atom. The summed E-state index contributed by atoms with van der Waals surface area (Å²) >= 11 is 0. The molecule has 0 radical (unpaired) electrons. The molecule has 0 aliphatic rings. The van der Waals surface area contributed by atoms with E-state index in [1.165, 1.54) is 121 Å². The third-order valence-corrected chi connectivity index (χ3v) is 15.7. The van der Waals surface area contributed by atoms with E-state index in [-0.39, 0.29) is 0 Å². The standard InChI is InChI=1S/C64H78N8O2/c1-7-9-11-13-15-17-19-21-23-25-35-73-63-43(5)45-29-33-53(70-59(45)61-47(63)28-27-42(4)69-61)50-39-67-58-51(40-68-57(50)58)54-34-31-48-62(72-54)60-46(30-32-52(71-60)49-38-66-55-41(3)37-65-56(49)55)44(6)64(48)74-36-26-24-22-20-18-16-14-12-10-8-2/h27-34,37-40,65-68H,7-26,35-36H2,1-6H3. The largest absolute Gasteiger partial charge is 0.493 e. The van der Waals surface area contributed by atoms with Crippen molar-refractivity contribution in [3.8, 4) is 45.3 Å². The number of ether oxygens (including phenoxy) is 2. The van der Waals surface area contributed by atoms with Crippen LogP contribution < -0.4 is 9.47 Å². The fourth-order valence-corrected chi connectivity index (χ4v) is 11.4. The van der Waals surface area contributed by atoms with Gasteiger partial charge < -0.3 is 29.4 Å². The Morgan fingerprint density at radius 3 is 1.14 bits per heavy atom. The van der Waals surface area contributed by atoms with Gasteiger partial charge in [0.25, 0.3) is 0 Å². The van der Waals surface area contributed by atoms with Gasteiger partial charge in [-0.15, -0.1) is 0 Å². The number of H-pyrrole nitrogens is 4. The number of nitrogens with zero attached hydrogens (tertiary/aromatic N) is 4. The molecular weight excluding hydrogens is 913 g/mol. The molecule has 2 aromatic carbocycles. The van der Waals surface area contributed by atoms with Gasteiger partial charge in [-0.25, -0.2) is 15.0 Å². The van der Waals surface area contributed by atoms with E-state index in [9.17, 15) is 0 Å². The first-order valence-corrected chi connectivity index (χ1v) is 28.4. The Balaban J connectivity index is 0.926. The minimum absolute atomic E-state index is 0.671. The van der Waals surface area contributed by atoms with Crippen LogP contribution in [0.1, 0.15) is 165 Å². The molecule has 8 heterocycles. The molecule has 0 amide bonds. The normalized spacial score (nSPS) is 12.0. The zero-order valence-electron chi connectivity index (χ0n) is 45.1. The first-order chi connectivity index (χ1) is 36.3. The molecule has 10 aromatic rings. The molecule has 10 heteroatoms. The molecule has 0 saturated heterocycles. The Morgan fingerprint density at radius 2 is 0.689 bits per heavy atom. The molecule has 8 aromatic heterocycles. The van der Waals surface area contributed by atoms with Crippen LogP contribution in [-0.2, 0) is 0 Å². The van der Waals surface area contributed by atoms with Crippen molar-refractivity contribution in [2.45, 2.75) is 170 Å². The maximum absolute atomic E-state index is 6.76. The van der Waals surface area contributed by atoms with Crippen molar-refractivity contribution in [2.75, 3.05) is 13.2 Å². The monoisotopic (exact) mass is 991 g/mol. The van der Waals surface area contributed by atoms with Crippen molar-refractivity contribution in [3.05, 3.63) is 95.7 Å². The number of nitrogens with one attached hydrogen (secondary N) is 4. The lowest BCUT2D eigenvalue weighted by Crippen LogP contribution is -2.02. The molecule has 0 aliphatic carbocycles. The second-order valence-corrected chi connectivity index (χ2v) is 21.2. The fraction of sp³-hybridized carbons (Fsp3) is 0.438. The maximum Gasteiger partial charge on any atom is 0.132 e. The van der Waals surface area contributed by atoms with Gasteiger partial charge >= 0.3 is 0 Å². The minimum Gasteiger partial charge on any atom is -0.493 e. The van der Waals surface area contributed by atoms with Gasteiger partial charge in [0, 0.05) is 79.8 Å². The highest BCUT2D eigenvalue weighted by atomic mass is 16.5. The molecule has 0 unspecified atom stereocenters. The quantitative estimate of drug-likeness (QED) is 0.0300. The summed E-state index contributed by atoms with van der Waals surface area (Å²) in [5.74, 6) is 1.82. The summed E-state index contributed by atoms with van der Waals surface area (Å²) in [5, 5.41) is 4.09. The summed E-state index contributed by atoms with van der Waals surface area (Å²) in [6, 6.07) is 17.2. The highest BCUT2D eigenvalue weighted by Gasteiger charge is 2.22. The predicted molar refractivity (Wildman–Crippen MR) is 310 cm³/mol. The van der Waals surface area contributed by atoms with Crippen molar-refractivity contribution in [3.63, 3.8) is 0 Å². The number of aromatic amines is 4. The molecule has 10 rings (SSSR count). The highest BCUT2D eigenvalue weighted by molar-refractivity contribution is 6.12. The summed E-state index contributed by atoms with van der Waals surface area (Å²) in [5.41, 5.74) is 17.5. The molecule has 0 bridgehead atoms. The SMILES string of the molecule is CCCCCCCCCCCCOc1c(C)c2ccc(-c3c[nH]c4c(-c5ccc6c(OCCCCCCCCCCCC)c(C)c7ccc(-c8c[nH]c9c(C)c[nH]c89)nc7c6n5)c[nH]c34)nc2c2nc(C)ccc12. The molecule has 4 N–H and O–H groups in total. The predicted octanol–water partition coefficient (Wildman–Crippen LogP) is 18.3. The Hall–Kier alpha value is -6.68. The van der Waals surface area contributed by atoms with E-state index in [0.29, 0.717) is 13.2 Å². The average Bonchev–Trinajstić information content (AvgIpc) is 4.24. The third-order valence-electron chi connectivity index (χ3n) is 15.7. The number of benzene rings is 2. The summed E-state index contributed by atoms with van der Waals surface area (Å²) in [6.07, 6.45) is 34.1. The molecule has 0 atom stereocenters. The van der Waals surface area contributed by atoms with Crippen LogP contribution in [0.3, 0.4) is 0 Å². The van der Waals surface area contributed by atoms with Gasteiger partial charge in [-0.3, -0.25) is 4.98 Å². The molecule has 386 valence electrons. The van der Waals surface area contributed by atoms with Crippen LogP contribution in [0, 0.1) is 27.7 Å². The van der Waals surface area contributed by atoms with Crippen LogP contribution in [0.25, 0.3) is 99.5 Å². The number of fused-ring (bicyclic) bond motifs is 8. The Bertz CT molecular complexity index is 3520. The van der Waals surface area contributed by atoms with Gasteiger partial charge in [-0.05, 0) is 82.5 Å². The molecular formula is C64H78N8O2. The second kappa shape index (κ2) is 23.7. The van der Waals surface area contributed by atoms with E-state index in [1.54, 1.807) is 0 Å². The summed E-state index contributed by atoms with van der Waals surface area (Å²) in [4.78, 5) is 35.6. The number of aromatic nitrogens is 8. The topological polar surface area (TPSA) is 133 Å². The molecule has 0 spiro atoms. The second-order valence-electron chi connectivity index (χ2n) is 21.2. The van der Waals surface area contributed by atoms with Crippen LogP contribution in [0.5, 0.6) is 11.5 Å². The lowest BCUT2D eigenvalue weighted by molar-refractivity contribution is 0.306. The number of unbranched alkanes of at least 4 members (excludes halogenated alkanes) is 18. The number of rotatable bonds is 27. The number of hydrogen-bond acceptors (Lipinski definition) is 6. The number of hydrogen-bond donors (Lipinski definition) is 4. The van der Waals surface area contributed by atoms with E-state index >= 15 is 0 Å². The first kappa shape index (κ1) is 50.8. The van der Waals surface area contributed by atoms with Crippen molar-refractivity contribution in [1.29, 1.82) is 0 Å². The zero-order valence-corrected chi connectivity index (χ0v) is 45.1. The van der Waals surface area contributed by atoms with E-state index in [2.05, 4.69) is 122 Å². The minimum atomic E-state index is 0.671. The van der Waals surface area contributed by atoms with Crippen molar-refractivity contribution >= 4 is 65.7 Å². The van der Waals surface area contributed by atoms with E-state index in [0.717, 1.165) is 141 Å². The van der Waals surface area contributed by atoms with Gasteiger partial charge in [0.2, 0.25) is 0 Å². The lowest BCUT2D eigenvalue weighted by Gasteiger charge is -2.16. The summed E-state index contributed by atoms with van der Waals surface area (Å²) < 4.78 is 13.4. The van der Waals surface area contributed by atoms with Crippen LogP contribution in [0.4, 0.5) is 0 Å². The molecule has 0 aliphatic heterocycles.